The second-order valence-corrected chi connectivity index (χ2v) is 6.78. The lowest BCUT2D eigenvalue weighted by molar-refractivity contribution is -0.384. The molecule has 1 saturated heterocycles. The highest BCUT2D eigenvalue weighted by molar-refractivity contribution is 6.05. The van der Waals surface area contributed by atoms with Gasteiger partial charge >= 0.3 is 6.36 Å². The fourth-order valence-corrected chi connectivity index (χ4v) is 3.07. The number of nitro groups is 1. The zero-order valence-corrected chi connectivity index (χ0v) is 16.0. The topological polar surface area (TPSA) is 88.0 Å². The average Bonchev–Trinajstić information content (AvgIpc) is 2.68. The van der Waals surface area contributed by atoms with Gasteiger partial charge in [-0.25, -0.2) is 0 Å². The van der Waals surface area contributed by atoms with Crippen LogP contribution in [0.15, 0.2) is 42.5 Å². The van der Waals surface area contributed by atoms with Gasteiger partial charge in [0, 0.05) is 43.5 Å². The first-order chi connectivity index (χ1) is 14.1. The van der Waals surface area contributed by atoms with Crippen molar-refractivity contribution in [3.8, 4) is 5.75 Å². The van der Waals surface area contributed by atoms with E-state index < -0.39 is 22.9 Å². The van der Waals surface area contributed by atoms with Crippen LogP contribution >= 0.6 is 0 Å². The van der Waals surface area contributed by atoms with Crippen molar-refractivity contribution >= 4 is 23.0 Å². The quantitative estimate of drug-likeness (QED) is 0.584. The predicted molar refractivity (Wildman–Crippen MR) is 104 cm³/mol. The van der Waals surface area contributed by atoms with Gasteiger partial charge in [-0.1, -0.05) is 0 Å². The van der Waals surface area contributed by atoms with E-state index in [1.165, 1.54) is 24.3 Å². The number of halogens is 3. The van der Waals surface area contributed by atoms with Crippen molar-refractivity contribution < 1.29 is 27.6 Å². The summed E-state index contributed by atoms with van der Waals surface area (Å²) in [4.78, 5) is 27.5. The fourth-order valence-electron chi connectivity index (χ4n) is 3.07. The van der Waals surface area contributed by atoms with Gasteiger partial charge in [0.1, 0.15) is 11.4 Å². The lowest BCUT2D eigenvalue weighted by Gasteiger charge is -2.33. The van der Waals surface area contributed by atoms with Crippen LogP contribution in [-0.4, -0.2) is 55.3 Å². The normalized spacial score (nSPS) is 15.0. The van der Waals surface area contributed by atoms with Gasteiger partial charge in [0.15, 0.2) is 0 Å². The van der Waals surface area contributed by atoms with Gasteiger partial charge < -0.3 is 19.9 Å². The summed E-state index contributed by atoms with van der Waals surface area (Å²) in [6.45, 7) is 2.81. The number of anilines is 2. The Kier molecular flexibility index (Phi) is 6.11. The summed E-state index contributed by atoms with van der Waals surface area (Å²) in [5.41, 5.74) is 0.551. The molecule has 8 nitrogen and oxygen atoms in total. The van der Waals surface area contributed by atoms with Crippen molar-refractivity contribution in [2.75, 3.05) is 43.4 Å². The van der Waals surface area contributed by atoms with Crippen LogP contribution in [0.3, 0.4) is 0 Å². The predicted octanol–water partition coefficient (Wildman–Crippen LogP) is 3.50. The summed E-state index contributed by atoms with van der Waals surface area (Å²) < 4.78 is 40.4. The largest absolute Gasteiger partial charge is 0.573 e. The van der Waals surface area contributed by atoms with E-state index in [0.29, 0.717) is 18.8 Å². The first-order valence-corrected chi connectivity index (χ1v) is 9.01. The van der Waals surface area contributed by atoms with Gasteiger partial charge in [-0.3, -0.25) is 14.9 Å². The molecule has 1 N–H and O–H groups in total. The lowest BCUT2D eigenvalue weighted by Crippen LogP contribution is -2.44. The molecule has 0 unspecified atom stereocenters. The molecular formula is C19H19F3N4O4. The van der Waals surface area contributed by atoms with Crippen LogP contribution < -0.4 is 15.0 Å². The zero-order chi connectivity index (χ0) is 21.9. The molecule has 0 saturated carbocycles. The minimum Gasteiger partial charge on any atom is -0.406 e. The number of nitrogens with one attached hydrogen (secondary N) is 1. The van der Waals surface area contributed by atoms with Crippen molar-refractivity contribution in [3.63, 3.8) is 0 Å². The second-order valence-electron chi connectivity index (χ2n) is 6.78. The Hall–Kier alpha value is -3.34. The van der Waals surface area contributed by atoms with E-state index in [1.807, 2.05) is 11.9 Å². The van der Waals surface area contributed by atoms with E-state index in [4.69, 9.17) is 0 Å². The summed E-state index contributed by atoms with van der Waals surface area (Å²) >= 11 is 0. The molecule has 0 aromatic heterocycles. The Balaban J connectivity index is 1.74. The SMILES string of the molecule is CN1CCN(c2ccc(C(=O)Nc3ccc(OC(F)(F)F)cc3)cc2[N+](=O)[O-])CC1. The van der Waals surface area contributed by atoms with Gasteiger partial charge in [-0.15, -0.1) is 13.2 Å². The lowest BCUT2D eigenvalue weighted by atomic mass is 10.1. The molecule has 0 atom stereocenters. The van der Waals surface area contributed by atoms with E-state index in [0.717, 1.165) is 25.2 Å². The third-order valence-corrected chi connectivity index (χ3v) is 4.62. The van der Waals surface area contributed by atoms with Crippen molar-refractivity contribution in [1.29, 1.82) is 0 Å². The van der Waals surface area contributed by atoms with Gasteiger partial charge in [-0.2, -0.15) is 0 Å². The smallest absolute Gasteiger partial charge is 0.406 e. The molecule has 160 valence electrons. The minimum absolute atomic E-state index is 0.0650. The number of likely N-dealkylation sites (N-methyl/N-ethyl adjacent to an activating group) is 1. The third-order valence-electron chi connectivity index (χ3n) is 4.62. The molecule has 0 bridgehead atoms. The van der Waals surface area contributed by atoms with Crippen LogP contribution in [0.5, 0.6) is 5.75 Å². The molecule has 0 aliphatic carbocycles. The van der Waals surface area contributed by atoms with E-state index in [2.05, 4.69) is 15.0 Å². The number of amides is 1. The molecule has 3 rings (SSSR count). The van der Waals surface area contributed by atoms with Crippen molar-refractivity contribution in [2.45, 2.75) is 6.36 Å². The molecule has 0 spiro atoms. The Bertz CT molecular complexity index is 926. The standard InChI is InChI=1S/C19H19F3N4O4/c1-24-8-10-25(11-9-24)16-7-2-13(12-17(16)26(28)29)18(27)23-14-3-5-15(6-4-14)30-19(20,21)22/h2-7,12H,8-11H2,1H3,(H,23,27). The third kappa shape index (κ3) is 5.38. The maximum atomic E-state index is 12.5. The number of hydrogen-bond acceptors (Lipinski definition) is 6. The number of hydrogen-bond donors (Lipinski definition) is 1. The minimum atomic E-state index is -4.81. The van der Waals surface area contributed by atoms with Gasteiger partial charge in [-0.05, 0) is 43.4 Å². The van der Waals surface area contributed by atoms with Crippen LogP contribution in [-0.2, 0) is 0 Å². The number of nitro benzene ring substituents is 1. The molecule has 1 aliphatic rings. The molecule has 1 amide bonds. The average molecular weight is 424 g/mol. The van der Waals surface area contributed by atoms with Crippen LogP contribution in [0.4, 0.5) is 30.2 Å². The number of piperazine rings is 1. The Morgan fingerprint density at radius 1 is 1.10 bits per heavy atom. The maximum absolute atomic E-state index is 12.5. The molecule has 0 radical (unpaired) electrons. The first-order valence-electron chi connectivity index (χ1n) is 9.01. The molecule has 11 heteroatoms. The molecule has 30 heavy (non-hydrogen) atoms. The number of carbonyl (C=O) groups excluding carboxylic acids is 1. The number of ether oxygens (including phenoxy) is 1. The van der Waals surface area contributed by atoms with E-state index in [1.54, 1.807) is 6.07 Å². The molecule has 1 fully saturated rings. The van der Waals surface area contributed by atoms with Crippen LogP contribution in [0.25, 0.3) is 0 Å². The van der Waals surface area contributed by atoms with Crippen LogP contribution in [0, 0.1) is 10.1 Å². The molecule has 1 heterocycles. The maximum Gasteiger partial charge on any atom is 0.573 e. The van der Waals surface area contributed by atoms with Gasteiger partial charge in [0.05, 0.1) is 4.92 Å². The summed E-state index contributed by atoms with van der Waals surface area (Å²) in [6.07, 6.45) is -4.81. The number of carbonyl (C=O) groups is 1. The summed E-state index contributed by atoms with van der Waals surface area (Å²) in [5.74, 6) is -1.04. The first kappa shape index (κ1) is 21.4. The Labute approximate surface area is 170 Å². The summed E-state index contributed by atoms with van der Waals surface area (Å²) in [7, 11) is 1.97. The van der Waals surface area contributed by atoms with Gasteiger partial charge in [0.25, 0.3) is 11.6 Å². The highest BCUT2D eigenvalue weighted by Crippen LogP contribution is 2.30. The Morgan fingerprint density at radius 3 is 2.30 bits per heavy atom. The van der Waals surface area contributed by atoms with Crippen LogP contribution in [0.1, 0.15) is 10.4 Å². The number of nitrogens with zero attached hydrogens (tertiary/aromatic N) is 3. The van der Waals surface area contributed by atoms with Crippen molar-refractivity contribution in [1.82, 2.24) is 4.90 Å². The molecular weight excluding hydrogens is 405 g/mol. The molecule has 2 aromatic rings. The monoisotopic (exact) mass is 424 g/mol. The van der Waals surface area contributed by atoms with E-state index in [9.17, 15) is 28.1 Å². The van der Waals surface area contributed by atoms with Crippen molar-refractivity contribution in [3.05, 3.63) is 58.1 Å². The highest BCUT2D eigenvalue weighted by Gasteiger charge is 2.31. The fraction of sp³-hybridized carbons (Fsp3) is 0.316. The Morgan fingerprint density at radius 2 is 1.73 bits per heavy atom. The van der Waals surface area contributed by atoms with Crippen molar-refractivity contribution in [2.24, 2.45) is 0 Å². The summed E-state index contributed by atoms with van der Waals surface area (Å²) in [6, 6.07) is 8.82. The molecule has 2 aromatic carbocycles. The highest BCUT2D eigenvalue weighted by atomic mass is 19.4. The summed E-state index contributed by atoms with van der Waals surface area (Å²) in [5, 5.41) is 14.0. The second kappa shape index (κ2) is 8.57. The number of benzene rings is 2. The van der Waals surface area contributed by atoms with E-state index >= 15 is 0 Å². The van der Waals surface area contributed by atoms with Gasteiger partial charge in [0.2, 0.25) is 0 Å². The number of alkyl halides is 3. The number of rotatable bonds is 5. The van der Waals surface area contributed by atoms with Crippen LogP contribution in [0.2, 0.25) is 0 Å². The van der Waals surface area contributed by atoms with E-state index in [-0.39, 0.29) is 16.9 Å². The molecule has 1 aliphatic heterocycles. The zero-order valence-electron chi connectivity index (χ0n) is 16.0.